The summed E-state index contributed by atoms with van der Waals surface area (Å²) in [5, 5.41) is 3.87. The fourth-order valence-electron chi connectivity index (χ4n) is 2.16. The molecule has 1 amide bonds. The molecule has 0 aliphatic carbocycles. The van der Waals surface area contributed by atoms with Crippen LogP contribution in [0.25, 0.3) is 0 Å². The van der Waals surface area contributed by atoms with E-state index in [9.17, 15) is 4.79 Å². The van der Waals surface area contributed by atoms with E-state index in [1.165, 1.54) is 0 Å². The Morgan fingerprint density at radius 1 is 1.50 bits per heavy atom. The maximum Gasteiger partial charge on any atom is 0.237 e. The average Bonchev–Trinajstić information content (AvgIpc) is 2.34. The number of carbonyl (C=O) groups excluding carboxylic acids is 1. The summed E-state index contributed by atoms with van der Waals surface area (Å²) < 4.78 is 0. The second-order valence-electron chi connectivity index (χ2n) is 4.25. The number of hydrogen-bond acceptors (Lipinski definition) is 3. The lowest BCUT2D eigenvalue weighted by molar-refractivity contribution is -0.129. The number of halogens is 2. The van der Waals surface area contributed by atoms with E-state index in [1.807, 2.05) is 6.92 Å². The number of carbonyl (C=O) groups is 1. The molecule has 4 nitrogen and oxygen atoms in total. The molecule has 98 valence electrons. The Kier molecular flexibility index (Phi) is 4.43. The van der Waals surface area contributed by atoms with Crippen LogP contribution in [0, 0.1) is 0 Å². The molecule has 1 aromatic rings. The fraction of sp³-hybridized carbons (Fsp3) is 0.500. The lowest BCUT2D eigenvalue weighted by Gasteiger charge is -2.34. The molecule has 18 heavy (non-hydrogen) atoms. The van der Waals surface area contributed by atoms with Crippen LogP contribution in [-0.4, -0.2) is 34.9 Å². The van der Waals surface area contributed by atoms with Gasteiger partial charge < -0.3 is 5.32 Å². The number of nitrogens with zero attached hydrogens (tertiary/aromatic N) is 2. The van der Waals surface area contributed by atoms with Gasteiger partial charge >= 0.3 is 0 Å². The number of nitrogens with one attached hydrogen (secondary N) is 1. The minimum atomic E-state index is -0.115. The summed E-state index contributed by atoms with van der Waals surface area (Å²) in [5.74, 6) is 0.0712. The number of piperazine rings is 1. The van der Waals surface area contributed by atoms with Crippen molar-refractivity contribution in [3.63, 3.8) is 0 Å². The van der Waals surface area contributed by atoms with Gasteiger partial charge in [0.15, 0.2) is 0 Å². The molecule has 2 heterocycles. The third-order valence-corrected chi connectivity index (χ3v) is 3.62. The second-order valence-corrected chi connectivity index (χ2v) is 5.04. The highest BCUT2D eigenvalue weighted by Gasteiger charge is 2.28. The number of rotatable bonds is 3. The molecule has 1 fully saturated rings. The van der Waals surface area contributed by atoms with Gasteiger partial charge in [0.25, 0.3) is 0 Å². The first-order valence-electron chi connectivity index (χ1n) is 5.94. The highest BCUT2D eigenvalue weighted by molar-refractivity contribution is 6.32. The summed E-state index contributed by atoms with van der Waals surface area (Å²) in [6.45, 7) is 4.00. The van der Waals surface area contributed by atoms with E-state index < -0.39 is 0 Å². The molecule has 1 unspecified atom stereocenters. The minimum absolute atomic E-state index is 0.0712. The normalized spacial score (nSPS) is 20.8. The van der Waals surface area contributed by atoms with Crippen molar-refractivity contribution < 1.29 is 4.79 Å². The minimum Gasteiger partial charge on any atom is -0.353 e. The number of amides is 1. The SMILES string of the molecule is CCC1C(=O)NCCN1Cc1nc(Cl)ccc1Cl. The van der Waals surface area contributed by atoms with E-state index in [4.69, 9.17) is 23.2 Å². The fourth-order valence-corrected chi connectivity index (χ4v) is 2.49. The quantitative estimate of drug-likeness (QED) is 0.866. The molecule has 0 spiro atoms. The summed E-state index contributed by atoms with van der Waals surface area (Å²) in [7, 11) is 0. The standard InChI is InChI=1S/C12H15Cl2N3O/c1-2-10-12(18)15-5-6-17(10)7-9-8(13)3-4-11(14)16-9/h3-4,10H,2,5-7H2,1H3,(H,15,18). The predicted molar refractivity (Wildman–Crippen MR) is 71.8 cm³/mol. The maximum atomic E-state index is 11.7. The molecular weight excluding hydrogens is 273 g/mol. The third kappa shape index (κ3) is 2.94. The largest absolute Gasteiger partial charge is 0.353 e. The van der Waals surface area contributed by atoms with E-state index in [2.05, 4.69) is 15.2 Å². The first-order valence-corrected chi connectivity index (χ1v) is 6.70. The first kappa shape index (κ1) is 13.6. The Morgan fingerprint density at radius 3 is 3.00 bits per heavy atom. The van der Waals surface area contributed by atoms with Crippen molar-refractivity contribution >= 4 is 29.1 Å². The Labute approximate surface area is 116 Å². The van der Waals surface area contributed by atoms with Gasteiger partial charge in [0.1, 0.15) is 5.15 Å². The molecule has 1 N–H and O–H groups in total. The summed E-state index contributed by atoms with van der Waals surface area (Å²) >= 11 is 12.0. The topological polar surface area (TPSA) is 45.2 Å². The van der Waals surface area contributed by atoms with E-state index in [1.54, 1.807) is 12.1 Å². The van der Waals surface area contributed by atoms with Crippen LogP contribution < -0.4 is 5.32 Å². The van der Waals surface area contributed by atoms with Gasteiger partial charge in [-0.2, -0.15) is 0 Å². The molecule has 0 radical (unpaired) electrons. The number of hydrogen-bond donors (Lipinski definition) is 1. The van der Waals surface area contributed by atoms with E-state index >= 15 is 0 Å². The molecule has 1 saturated heterocycles. The van der Waals surface area contributed by atoms with Crippen LogP contribution in [0.2, 0.25) is 10.2 Å². The molecule has 0 saturated carbocycles. The van der Waals surface area contributed by atoms with Gasteiger partial charge in [0.2, 0.25) is 5.91 Å². The van der Waals surface area contributed by atoms with Gasteiger partial charge in [0.05, 0.1) is 16.8 Å². The van der Waals surface area contributed by atoms with Crippen LogP contribution in [-0.2, 0) is 11.3 Å². The smallest absolute Gasteiger partial charge is 0.237 e. The van der Waals surface area contributed by atoms with Crippen LogP contribution in [0.5, 0.6) is 0 Å². The molecule has 0 bridgehead atoms. The van der Waals surface area contributed by atoms with Gasteiger partial charge in [-0.25, -0.2) is 4.98 Å². The van der Waals surface area contributed by atoms with Gasteiger partial charge in [-0.05, 0) is 18.6 Å². The van der Waals surface area contributed by atoms with Crippen LogP contribution in [0.3, 0.4) is 0 Å². The van der Waals surface area contributed by atoms with Crippen LogP contribution >= 0.6 is 23.2 Å². The second kappa shape index (κ2) is 5.87. The Balaban J connectivity index is 2.16. The van der Waals surface area contributed by atoms with E-state index in [0.29, 0.717) is 23.3 Å². The number of pyridine rings is 1. The number of aromatic nitrogens is 1. The van der Waals surface area contributed by atoms with Gasteiger partial charge in [-0.1, -0.05) is 30.1 Å². The summed E-state index contributed by atoms with van der Waals surface area (Å²) in [6.07, 6.45) is 0.768. The van der Waals surface area contributed by atoms with Crippen molar-refractivity contribution in [2.45, 2.75) is 25.9 Å². The summed E-state index contributed by atoms with van der Waals surface area (Å²) in [6, 6.07) is 3.28. The zero-order valence-electron chi connectivity index (χ0n) is 10.1. The van der Waals surface area contributed by atoms with Crippen molar-refractivity contribution in [1.29, 1.82) is 0 Å². The van der Waals surface area contributed by atoms with Crippen molar-refractivity contribution in [2.75, 3.05) is 13.1 Å². The molecule has 0 aromatic carbocycles. The molecular formula is C12H15Cl2N3O. The van der Waals surface area contributed by atoms with Crippen molar-refractivity contribution in [3.05, 3.63) is 28.0 Å². The van der Waals surface area contributed by atoms with Crippen LogP contribution in [0.1, 0.15) is 19.0 Å². The van der Waals surface area contributed by atoms with Gasteiger partial charge in [0, 0.05) is 19.6 Å². The Bertz CT molecular complexity index is 453. The van der Waals surface area contributed by atoms with Crippen molar-refractivity contribution in [3.8, 4) is 0 Å². The van der Waals surface area contributed by atoms with E-state index in [0.717, 1.165) is 18.7 Å². The molecule has 6 heteroatoms. The molecule has 1 atom stereocenters. The van der Waals surface area contributed by atoms with Crippen LogP contribution in [0.4, 0.5) is 0 Å². The lowest BCUT2D eigenvalue weighted by atomic mass is 10.1. The summed E-state index contributed by atoms with van der Waals surface area (Å²) in [5.41, 5.74) is 0.720. The molecule has 1 aliphatic heterocycles. The molecule has 1 aromatic heterocycles. The first-order chi connectivity index (χ1) is 8.61. The monoisotopic (exact) mass is 287 g/mol. The third-order valence-electron chi connectivity index (χ3n) is 3.07. The molecule has 2 rings (SSSR count). The van der Waals surface area contributed by atoms with E-state index in [-0.39, 0.29) is 11.9 Å². The highest BCUT2D eigenvalue weighted by atomic mass is 35.5. The van der Waals surface area contributed by atoms with Gasteiger partial charge in [-0.15, -0.1) is 0 Å². The zero-order chi connectivity index (χ0) is 13.1. The van der Waals surface area contributed by atoms with Crippen molar-refractivity contribution in [1.82, 2.24) is 15.2 Å². The highest BCUT2D eigenvalue weighted by Crippen LogP contribution is 2.20. The maximum absolute atomic E-state index is 11.7. The van der Waals surface area contributed by atoms with Crippen molar-refractivity contribution in [2.24, 2.45) is 0 Å². The average molecular weight is 288 g/mol. The van der Waals surface area contributed by atoms with Crippen LogP contribution in [0.15, 0.2) is 12.1 Å². The molecule has 1 aliphatic rings. The Morgan fingerprint density at radius 2 is 2.28 bits per heavy atom. The lowest BCUT2D eigenvalue weighted by Crippen LogP contribution is -2.54. The summed E-state index contributed by atoms with van der Waals surface area (Å²) in [4.78, 5) is 18.1. The predicted octanol–water partition coefficient (Wildman–Crippen LogP) is 2.10. The Hall–Kier alpha value is -0.840. The van der Waals surface area contributed by atoms with Gasteiger partial charge in [-0.3, -0.25) is 9.69 Å². The zero-order valence-corrected chi connectivity index (χ0v) is 11.6.